The van der Waals surface area contributed by atoms with Crippen molar-refractivity contribution in [1.29, 1.82) is 0 Å². The average Bonchev–Trinajstić information content (AvgIpc) is 3.26. The standard InChI is InChI=1S/C25H25N5O3/c1-17(18-5-3-2-4-6-18)28-25(31)20-8-7-19-15-22(20)33-14-13-32-12-10-26-23-9-11-30-24(29-23)21(19)16-27-30/h2-9,11,15-17H,10,12-14H2,1H3,(H,26,29)(H,28,31)/t17-/m1/s1. The van der Waals surface area contributed by atoms with Crippen LogP contribution in [0.25, 0.3) is 16.8 Å². The number of carbonyl (C=O) groups is 1. The Morgan fingerprint density at radius 2 is 2.00 bits per heavy atom. The zero-order chi connectivity index (χ0) is 22.6. The number of amides is 1. The SMILES string of the molecule is C[C@@H](NC(=O)c1ccc2cc1OCCOCCNc1ccn3ncc-2c3n1)c1ccccc1. The van der Waals surface area contributed by atoms with Crippen LogP contribution in [0.4, 0.5) is 5.82 Å². The van der Waals surface area contributed by atoms with Gasteiger partial charge >= 0.3 is 0 Å². The fourth-order valence-corrected chi connectivity index (χ4v) is 3.83. The first-order valence-corrected chi connectivity index (χ1v) is 11.0. The number of ether oxygens (including phenoxy) is 2. The van der Waals surface area contributed by atoms with Crippen LogP contribution in [0.15, 0.2) is 67.0 Å². The molecule has 0 fully saturated rings. The highest BCUT2D eigenvalue weighted by Crippen LogP contribution is 2.30. The van der Waals surface area contributed by atoms with Crippen LogP contribution in [-0.4, -0.2) is 46.9 Å². The van der Waals surface area contributed by atoms with Crippen LogP contribution in [0.5, 0.6) is 5.75 Å². The van der Waals surface area contributed by atoms with Crippen molar-refractivity contribution in [3.05, 3.63) is 78.1 Å². The lowest BCUT2D eigenvalue weighted by atomic mass is 10.0. The maximum absolute atomic E-state index is 13.1. The van der Waals surface area contributed by atoms with E-state index >= 15 is 0 Å². The highest BCUT2D eigenvalue weighted by atomic mass is 16.5. The number of carbonyl (C=O) groups excluding carboxylic acids is 1. The molecule has 1 aliphatic heterocycles. The molecule has 5 rings (SSSR count). The van der Waals surface area contributed by atoms with Gasteiger partial charge in [0.25, 0.3) is 5.91 Å². The van der Waals surface area contributed by atoms with Crippen molar-refractivity contribution >= 4 is 17.4 Å². The Bertz CT molecular complexity index is 1270. The van der Waals surface area contributed by atoms with Crippen LogP contribution >= 0.6 is 0 Å². The van der Waals surface area contributed by atoms with Crippen molar-refractivity contribution in [2.24, 2.45) is 0 Å². The summed E-state index contributed by atoms with van der Waals surface area (Å²) in [5.41, 5.74) is 3.96. The molecule has 1 atom stereocenters. The summed E-state index contributed by atoms with van der Waals surface area (Å²) in [5.74, 6) is 1.06. The van der Waals surface area contributed by atoms with Gasteiger partial charge in [-0.15, -0.1) is 0 Å². The molecule has 0 radical (unpaired) electrons. The van der Waals surface area contributed by atoms with Gasteiger partial charge in [-0.1, -0.05) is 36.4 Å². The van der Waals surface area contributed by atoms with E-state index in [2.05, 4.69) is 15.7 Å². The number of fused-ring (bicyclic) bond motifs is 4. The summed E-state index contributed by atoms with van der Waals surface area (Å²) in [5, 5.41) is 10.7. The zero-order valence-corrected chi connectivity index (χ0v) is 18.3. The van der Waals surface area contributed by atoms with Crippen LogP contribution in [0, 0.1) is 0 Å². The average molecular weight is 444 g/mol. The van der Waals surface area contributed by atoms with Crippen LogP contribution in [0.2, 0.25) is 0 Å². The molecule has 2 aromatic heterocycles. The van der Waals surface area contributed by atoms with Gasteiger partial charge in [0.1, 0.15) is 18.2 Å². The Kier molecular flexibility index (Phi) is 5.91. The summed E-state index contributed by atoms with van der Waals surface area (Å²) in [6, 6.07) is 17.2. The van der Waals surface area contributed by atoms with E-state index in [9.17, 15) is 4.79 Å². The van der Waals surface area contributed by atoms with Crippen molar-refractivity contribution in [1.82, 2.24) is 19.9 Å². The number of hydrogen-bond donors (Lipinski definition) is 2. The predicted molar refractivity (Wildman–Crippen MR) is 126 cm³/mol. The first-order valence-electron chi connectivity index (χ1n) is 11.0. The minimum Gasteiger partial charge on any atom is -0.490 e. The Morgan fingerprint density at radius 3 is 2.88 bits per heavy atom. The molecule has 4 aromatic rings. The summed E-state index contributed by atoms with van der Waals surface area (Å²) < 4.78 is 13.4. The minimum atomic E-state index is -0.195. The lowest BCUT2D eigenvalue weighted by Crippen LogP contribution is -2.27. The van der Waals surface area contributed by atoms with Crippen LogP contribution in [0.1, 0.15) is 28.9 Å². The molecular weight excluding hydrogens is 418 g/mol. The van der Waals surface area contributed by atoms with Crippen molar-refractivity contribution in [2.75, 3.05) is 31.7 Å². The van der Waals surface area contributed by atoms with Crippen molar-refractivity contribution < 1.29 is 14.3 Å². The molecule has 33 heavy (non-hydrogen) atoms. The lowest BCUT2D eigenvalue weighted by Gasteiger charge is -2.17. The molecule has 8 nitrogen and oxygen atoms in total. The number of rotatable bonds is 3. The third-order valence-electron chi connectivity index (χ3n) is 5.59. The summed E-state index contributed by atoms with van der Waals surface area (Å²) in [4.78, 5) is 17.8. The van der Waals surface area contributed by atoms with Gasteiger partial charge in [-0.25, -0.2) is 9.50 Å². The van der Waals surface area contributed by atoms with E-state index in [1.165, 1.54) is 0 Å². The summed E-state index contributed by atoms with van der Waals surface area (Å²) >= 11 is 0. The monoisotopic (exact) mass is 443 g/mol. The van der Waals surface area contributed by atoms with Crippen molar-refractivity contribution in [2.45, 2.75) is 13.0 Å². The summed E-state index contributed by atoms with van der Waals surface area (Å²) in [7, 11) is 0. The van der Waals surface area contributed by atoms with E-state index in [1.807, 2.05) is 61.7 Å². The molecule has 8 heteroatoms. The van der Waals surface area contributed by atoms with E-state index in [4.69, 9.17) is 14.5 Å². The molecule has 0 aliphatic carbocycles. The number of benzene rings is 2. The molecule has 1 amide bonds. The van der Waals surface area contributed by atoms with Gasteiger partial charge in [-0.3, -0.25) is 4.79 Å². The number of hydrogen-bond acceptors (Lipinski definition) is 6. The van der Waals surface area contributed by atoms with Gasteiger partial charge in [-0.2, -0.15) is 5.10 Å². The first-order chi connectivity index (χ1) is 16.2. The van der Waals surface area contributed by atoms with Crippen molar-refractivity contribution in [3.63, 3.8) is 0 Å². The van der Waals surface area contributed by atoms with Gasteiger partial charge in [0, 0.05) is 18.3 Å². The summed E-state index contributed by atoms with van der Waals surface area (Å²) in [6.07, 6.45) is 3.64. The van der Waals surface area contributed by atoms with Gasteiger partial charge in [-0.05, 0) is 36.2 Å². The minimum absolute atomic E-state index is 0.137. The van der Waals surface area contributed by atoms with Crippen molar-refractivity contribution in [3.8, 4) is 16.9 Å². The van der Waals surface area contributed by atoms with Crippen LogP contribution in [-0.2, 0) is 4.74 Å². The van der Waals surface area contributed by atoms with E-state index in [0.29, 0.717) is 37.7 Å². The molecule has 4 bridgehead atoms. The quantitative estimate of drug-likeness (QED) is 0.502. The Morgan fingerprint density at radius 1 is 1.12 bits per heavy atom. The second-order valence-electron chi connectivity index (χ2n) is 7.84. The molecule has 168 valence electrons. The van der Waals surface area contributed by atoms with Gasteiger partial charge in [0.2, 0.25) is 0 Å². The predicted octanol–water partition coefficient (Wildman–Crippen LogP) is 3.71. The molecule has 0 saturated heterocycles. The third kappa shape index (κ3) is 4.51. The van der Waals surface area contributed by atoms with Gasteiger partial charge in [0.05, 0.1) is 31.0 Å². The molecule has 0 saturated carbocycles. The maximum Gasteiger partial charge on any atom is 0.255 e. The first kappa shape index (κ1) is 21.0. The molecule has 2 aromatic carbocycles. The number of nitrogens with one attached hydrogen (secondary N) is 2. The second kappa shape index (κ2) is 9.30. The Labute approximate surface area is 191 Å². The fourth-order valence-electron chi connectivity index (χ4n) is 3.83. The number of nitrogens with zero attached hydrogens (tertiary/aromatic N) is 3. The molecule has 0 unspecified atom stereocenters. The zero-order valence-electron chi connectivity index (χ0n) is 18.3. The summed E-state index contributed by atoms with van der Waals surface area (Å²) in [6.45, 7) is 3.86. The molecule has 0 spiro atoms. The number of aromatic nitrogens is 3. The highest BCUT2D eigenvalue weighted by molar-refractivity contribution is 5.98. The molecule has 1 aliphatic rings. The lowest BCUT2D eigenvalue weighted by molar-refractivity contribution is 0.0922. The van der Waals surface area contributed by atoms with Gasteiger partial charge < -0.3 is 20.1 Å². The Hall–Kier alpha value is -3.91. The topological polar surface area (TPSA) is 89.8 Å². The second-order valence-corrected chi connectivity index (χ2v) is 7.84. The van der Waals surface area contributed by atoms with Crippen LogP contribution in [0.3, 0.4) is 0 Å². The van der Waals surface area contributed by atoms with E-state index < -0.39 is 0 Å². The largest absolute Gasteiger partial charge is 0.490 e. The van der Waals surface area contributed by atoms with E-state index in [-0.39, 0.29) is 11.9 Å². The van der Waals surface area contributed by atoms with E-state index in [1.54, 1.807) is 16.8 Å². The van der Waals surface area contributed by atoms with Gasteiger partial charge in [0.15, 0.2) is 5.65 Å². The molecule has 3 heterocycles. The molecular formula is C25H25N5O3. The Balaban J connectivity index is 1.50. The fraction of sp³-hybridized carbons (Fsp3) is 0.240. The third-order valence-corrected chi connectivity index (χ3v) is 5.59. The number of anilines is 1. The maximum atomic E-state index is 13.1. The molecule has 2 N–H and O–H groups in total. The van der Waals surface area contributed by atoms with Crippen LogP contribution < -0.4 is 15.4 Å². The normalized spacial score (nSPS) is 14.7. The van der Waals surface area contributed by atoms with E-state index in [0.717, 1.165) is 28.2 Å². The smallest absolute Gasteiger partial charge is 0.255 e. The highest BCUT2D eigenvalue weighted by Gasteiger charge is 2.19.